The highest BCUT2D eigenvalue weighted by Crippen LogP contribution is 2.30. The second-order valence-corrected chi connectivity index (χ2v) is 7.82. The third-order valence-electron chi connectivity index (χ3n) is 3.68. The van der Waals surface area contributed by atoms with E-state index in [1.807, 2.05) is 6.92 Å². The normalized spacial score (nSPS) is 19.9. The summed E-state index contributed by atoms with van der Waals surface area (Å²) in [4.78, 5) is 10.4. The van der Waals surface area contributed by atoms with Gasteiger partial charge < -0.3 is 5.11 Å². The van der Waals surface area contributed by atoms with Crippen LogP contribution in [0, 0.1) is 11.7 Å². The van der Waals surface area contributed by atoms with E-state index in [9.17, 15) is 17.6 Å². The molecular weight excluding hydrogens is 365 g/mol. The predicted octanol–water partition coefficient (Wildman–Crippen LogP) is 2.71. The average molecular weight is 380 g/mol. The van der Waals surface area contributed by atoms with Crippen LogP contribution in [0.5, 0.6) is 0 Å². The summed E-state index contributed by atoms with van der Waals surface area (Å²) in [5, 5.41) is 8.96. The van der Waals surface area contributed by atoms with Gasteiger partial charge in [-0.1, -0.05) is 29.3 Å². The second-order valence-electron chi connectivity index (χ2n) is 5.00. The fourth-order valence-corrected chi connectivity index (χ4v) is 4.65. The number of halogens is 2. The van der Waals surface area contributed by atoms with Crippen molar-refractivity contribution in [1.29, 1.82) is 0 Å². The zero-order valence-corrected chi connectivity index (χ0v) is 13.7. The summed E-state index contributed by atoms with van der Waals surface area (Å²) in [5.74, 6) is -2.46. The maximum absolute atomic E-state index is 14.2. The first-order valence-corrected chi connectivity index (χ1v) is 8.73. The maximum Gasteiger partial charge on any atom is 0.338 e. The lowest BCUT2D eigenvalue weighted by Crippen LogP contribution is -2.30. The van der Waals surface area contributed by atoms with Gasteiger partial charge in [-0.15, -0.1) is 0 Å². The standard InChI is InChI=1S/C13H15BrFNO4S/c1-2-8-3-4-16(7-8)21(19,20)11-6-9(14)5-10(12(11)15)13(17)18/h5-6,8H,2-4,7H2,1H3,(H,17,18). The van der Waals surface area contributed by atoms with Crippen molar-refractivity contribution in [2.45, 2.75) is 24.7 Å². The molecule has 1 atom stereocenters. The van der Waals surface area contributed by atoms with Crippen molar-refractivity contribution in [2.24, 2.45) is 5.92 Å². The molecule has 1 fully saturated rings. The van der Waals surface area contributed by atoms with Gasteiger partial charge in [0.2, 0.25) is 10.0 Å². The number of carboxylic acid groups (broad SMARTS) is 1. The van der Waals surface area contributed by atoms with Crippen LogP contribution >= 0.6 is 15.9 Å². The number of carbonyl (C=O) groups is 1. The molecule has 21 heavy (non-hydrogen) atoms. The molecule has 8 heteroatoms. The van der Waals surface area contributed by atoms with Gasteiger partial charge in [0.15, 0.2) is 5.82 Å². The summed E-state index contributed by atoms with van der Waals surface area (Å²) in [6.45, 7) is 2.64. The van der Waals surface area contributed by atoms with Crippen molar-refractivity contribution >= 4 is 31.9 Å². The zero-order chi connectivity index (χ0) is 15.8. The Kier molecular flexibility index (Phi) is 4.69. The minimum Gasteiger partial charge on any atom is -0.478 e. The van der Waals surface area contributed by atoms with E-state index in [0.717, 1.165) is 25.0 Å². The van der Waals surface area contributed by atoms with E-state index in [1.165, 1.54) is 4.31 Å². The molecule has 0 aliphatic carbocycles. The Balaban J connectivity index is 2.48. The lowest BCUT2D eigenvalue weighted by molar-refractivity contribution is 0.0691. The number of hydrogen-bond acceptors (Lipinski definition) is 3. The van der Waals surface area contributed by atoms with Crippen LogP contribution in [0.2, 0.25) is 0 Å². The summed E-state index contributed by atoms with van der Waals surface area (Å²) >= 11 is 3.03. The summed E-state index contributed by atoms with van der Waals surface area (Å²) in [5.41, 5.74) is -0.658. The van der Waals surface area contributed by atoms with Gasteiger partial charge in [-0.3, -0.25) is 0 Å². The van der Waals surface area contributed by atoms with Gasteiger partial charge in [0.05, 0.1) is 5.56 Å². The molecule has 1 aromatic carbocycles. The van der Waals surface area contributed by atoms with E-state index in [-0.39, 0.29) is 10.4 Å². The summed E-state index contributed by atoms with van der Waals surface area (Å²) in [7, 11) is -4.03. The van der Waals surface area contributed by atoms with Crippen molar-refractivity contribution < 1.29 is 22.7 Å². The van der Waals surface area contributed by atoms with Crippen molar-refractivity contribution in [2.75, 3.05) is 13.1 Å². The fraction of sp³-hybridized carbons (Fsp3) is 0.462. The van der Waals surface area contributed by atoms with Crippen LogP contribution in [-0.4, -0.2) is 36.9 Å². The Morgan fingerprint density at radius 1 is 1.52 bits per heavy atom. The molecule has 116 valence electrons. The molecule has 0 saturated carbocycles. The molecular formula is C13H15BrFNO4S. The Morgan fingerprint density at radius 2 is 2.19 bits per heavy atom. The number of sulfonamides is 1. The Labute approximate surface area is 130 Å². The third kappa shape index (κ3) is 3.12. The monoisotopic (exact) mass is 379 g/mol. The van der Waals surface area contributed by atoms with Gasteiger partial charge in [0.25, 0.3) is 0 Å². The van der Waals surface area contributed by atoms with Crippen molar-refractivity contribution in [1.82, 2.24) is 4.31 Å². The number of nitrogens with zero attached hydrogens (tertiary/aromatic N) is 1. The Morgan fingerprint density at radius 3 is 2.71 bits per heavy atom. The van der Waals surface area contributed by atoms with E-state index in [0.29, 0.717) is 13.1 Å². The van der Waals surface area contributed by atoms with E-state index in [2.05, 4.69) is 15.9 Å². The van der Waals surface area contributed by atoms with Gasteiger partial charge in [-0.2, -0.15) is 4.31 Å². The van der Waals surface area contributed by atoms with E-state index in [1.54, 1.807) is 0 Å². The highest BCUT2D eigenvalue weighted by Gasteiger charge is 2.35. The topological polar surface area (TPSA) is 74.7 Å². The van der Waals surface area contributed by atoms with Crippen molar-refractivity contribution in [3.8, 4) is 0 Å². The minimum atomic E-state index is -4.03. The van der Waals surface area contributed by atoms with Crippen LogP contribution in [0.3, 0.4) is 0 Å². The quantitative estimate of drug-likeness (QED) is 0.872. The van der Waals surface area contributed by atoms with Crippen molar-refractivity contribution in [3.63, 3.8) is 0 Å². The number of carboxylic acids is 1. The summed E-state index contributed by atoms with van der Waals surface area (Å²) in [6, 6.07) is 2.16. The van der Waals surface area contributed by atoms with Crippen LogP contribution in [0.15, 0.2) is 21.5 Å². The minimum absolute atomic E-state index is 0.214. The highest BCUT2D eigenvalue weighted by molar-refractivity contribution is 9.10. The van der Waals surface area contributed by atoms with Crippen LogP contribution in [0.4, 0.5) is 4.39 Å². The third-order valence-corrected chi connectivity index (χ3v) is 6.00. The molecule has 0 spiro atoms. The number of rotatable bonds is 4. The summed E-state index contributed by atoms with van der Waals surface area (Å²) in [6.07, 6.45) is 1.59. The lowest BCUT2D eigenvalue weighted by atomic mass is 10.1. The SMILES string of the molecule is CCC1CCN(S(=O)(=O)c2cc(Br)cc(C(=O)O)c2F)C1. The first kappa shape index (κ1) is 16.4. The molecule has 1 unspecified atom stereocenters. The number of benzene rings is 1. The maximum atomic E-state index is 14.2. The van der Waals surface area contributed by atoms with Crippen LogP contribution in [0.1, 0.15) is 30.1 Å². The molecule has 2 rings (SSSR count). The zero-order valence-electron chi connectivity index (χ0n) is 11.3. The molecule has 1 aliphatic rings. The first-order chi connectivity index (χ1) is 9.77. The molecule has 1 aromatic rings. The van der Waals surface area contributed by atoms with E-state index in [4.69, 9.17) is 5.11 Å². The van der Waals surface area contributed by atoms with Crippen molar-refractivity contribution in [3.05, 3.63) is 28.0 Å². The number of hydrogen-bond donors (Lipinski definition) is 1. The Hall–Kier alpha value is -0.990. The fourth-order valence-electron chi connectivity index (χ4n) is 2.40. The second kappa shape index (κ2) is 6.02. The average Bonchev–Trinajstić information content (AvgIpc) is 2.90. The van der Waals surface area contributed by atoms with Crippen LogP contribution < -0.4 is 0 Å². The van der Waals surface area contributed by atoms with E-state index < -0.39 is 32.3 Å². The first-order valence-electron chi connectivity index (χ1n) is 6.49. The van der Waals surface area contributed by atoms with Crippen LogP contribution in [0.25, 0.3) is 0 Å². The van der Waals surface area contributed by atoms with E-state index >= 15 is 0 Å². The molecule has 1 N–H and O–H groups in total. The summed E-state index contributed by atoms with van der Waals surface area (Å²) < 4.78 is 40.7. The lowest BCUT2D eigenvalue weighted by Gasteiger charge is -2.17. The van der Waals surface area contributed by atoms with Gasteiger partial charge >= 0.3 is 5.97 Å². The van der Waals surface area contributed by atoms with Gasteiger partial charge in [-0.25, -0.2) is 17.6 Å². The molecule has 1 heterocycles. The van der Waals surface area contributed by atoms with Gasteiger partial charge in [0, 0.05) is 17.6 Å². The molecule has 0 radical (unpaired) electrons. The molecule has 0 aromatic heterocycles. The molecule has 0 bridgehead atoms. The van der Waals surface area contributed by atoms with Gasteiger partial charge in [0.1, 0.15) is 4.90 Å². The van der Waals surface area contributed by atoms with Crippen LogP contribution in [-0.2, 0) is 10.0 Å². The highest BCUT2D eigenvalue weighted by atomic mass is 79.9. The molecule has 1 aliphatic heterocycles. The predicted molar refractivity (Wildman–Crippen MR) is 78.2 cm³/mol. The molecule has 1 saturated heterocycles. The molecule has 5 nitrogen and oxygen atoms in total. The molecule has 0 amide bonds. The number of aromatic carboxylic acids is 1. The smallest absolute Gasteiger partial charge is 0.338 e. The Bertz CT molecular complexity index is 677. The van der Waals surface area contributed by atoms with Gasteiger partial charge in [-0.05, 0) is 24.5 Å². The largest absolute Gasteiger partial charge is 0.478 e.